The van der Waals surface area contributed by atoms with E-state index in [0.29, 0.717) is 33.0 Å². The maximum Gasteiger partial charge on any atom is 0.404 e. The molecule has 30 heavy (non-hydrogen) atoms. The molecule has 0 aromatic heterocycles. The third-order valence-electron chi connectivity index (χ3n) is 1.43. The van der Waals surface area contributed by atoms with Crippen LogP contribution in [0.3, 0.4) is 0 Å². The molecular weight excluding hydrogens is 410 g/mol. The lowest BCUT2D eigenvalue weighted by Gasteiger charge is -1.89. The summed E-state index contributed by atoms with van der Waals surface area (Å²) in [5.41, 5.74) is 22.7. The average Bonchev–Trinajstić information content (AvgIpc) is 2.56. The van der Waals surface area contributed by atoms with Gasteiger partial charge < -0.3 is 52.4 Å². The number of carbonyl (C=O) groups is 5. The maximum absolute atomic E-state index is 9.60. The second-order valence-electron chi connectivity index (χ2n) is 3.76. The lowest BCUT2D eigenvalue weighted by molar-refractivity contribution is 0.162. The van der Waals surface area contributed by atoms with Gasteiger partial charge in [-0.1, -0.05) is 0 Å². The quantitative estimate of drug-likeness (QED) is 0.366. The molecule has 0 spiro atoms. The zero-order valence-electron chi connectivity index (χ0n) is 18.0. The lowest BCUT2D eigenvalue weighted by Crippen LogP contribution is -2.11. The van der Waals surface area contributed by atoms with Crippen molar-refractivity contribution in [3.05, 3.63) is 0 Å². The van der Waals surface area contributed by atoms with Crippen molar-refractivity contribution in [3.8, 4) is 0 Å². The van der Waals surface area contributed by atoms with Crippen LogP contribution in [0.4, 0.5) is 24.0 Å². The van der Waals surface area contributed by atoms with E-state index in [1.165, 1.54) is 0 Å². The number of hydrogen-bond acceptors (Lipinski definition) is 10. The van der Waals surface area contributed by atoms with E-state index in [4.69, 9.17) is 0 Å². The molecular formula is C15H35N5O10. The molecule has 15 nitrogen and oxygen atoms in total. The topological polar surface area (TPSA) is 262 Å². The number of carbonyl (C=O) groups excluding carboxylic acids is 5. The number of rotatable bonds is 5. The van der Waals surface area contributed by atoms with Crippen LogP contribution in [0.25, 0.3) is 0 Å². The fourth-order valence-electron chi connectivity index (χ4n) is 0.711. The largest absolute Gasteiger partial charge is 0.450 e. The predicted molar refractivity (Wildman–Crippen MR) is 106 cm³/mol. The fourth-order valence-corrected chi connectivity index (χ4v) is 0.711. The Hall–Kier alpha value is -3.65. The van der Waals surface area contributed by atoms with Crippen molar-refractivity contribution in [1.82, 2.24) is 0 Å². The summed E-state index contributed by atoms with van der Waals surface area (Å²) >= 11 is 0. The molecule has 10 N–H and O–H groups in total. The minimum absolute atomic E-state index is 0.356. The van der Waals surface area contributed by atoms with Crippen molar-refractivity contribution in [1.29, 1.82) is 0 Å². The highest BCUT2D eigenvalue weighted by molar-refractivity contribution is 5.65. The monoisotopic (exact) mass is 445 g/mol. The Labute approximate surface area is 175 Å². The second kappa shape index (κ2) is 33.0. The molecule has 0 aromatic rings. The minimum Gasteiger partial charge on any atom is -0.450 e. The summed E-state index contributed by atoms with van der Waals surface area (Å²) in [4.78, 5) is 48.0. The fraction of sp³-hybridized carbons (Fsp3) is 0.667. The van der Waals surface area contributed by atoms with E-state index >= 15 is 0 Å². The van der Waals surface area contributed by atoms with Crippen molar-refractivity contribution in [3.63, 3.8) is 0 Å². The maximum atomic E-state index is 9.60. The molecule has 0 aliphatic carbocycles. The molecule has 0 atom stereocenters. The van der Waals surface area contributed by atoms with E-state index in [2.05, 4.69) is 52.4 Å². The minimum atomic E-state index is -0.711. The summed E-state index contributed by atoms with van der Waals surface area (Å²) < 4.78 is 20.9. The van der Waals surface area contributed by atoms with Gasteiger partial charge in [-0.3, -0.25) is 0 Å². The smallest absolute Gasteiger partial charge is 0.404 e. The number of nitrogens with two attached hydrogens (primary N) is 5. The van der Waals surface area contributed by atoms with Crippen LogP contribution in [0, 0.1) is 0 Å². The zero-order valence-corrected chi connectivity index (χ0v) is 18.0. The first kappa shape index (κ1) is 37.1. The average molecular weight is 445 g/mol. The van der Waals surface area contributed by atoms with Gasteiger partial charge in [-0.2, -0.15) is 0 Å². The van der Waals surface area contributed by atoms with Crippen LogP contribution >= 0.6 is 0 Å². The Kier molecular flexibility index (Phi) is 40.8. The predicted octanol–water partition coefficient (Wildman–Crippen LogP) is 0.508. The van der Waals surface area contributed by atoms with Gasteiger partial charge >= 0.3 is 30.5 Å². The summed E-state index contributed by atoms with van der Waals surface area (Å²) in [6, 6.07) is 0. The molecule has 0 aliphatic rings. The van der Waals surface area contributed by atoms with Crippen LogP contribution < -0.4 is 28.7 Å². The van der Waals surface area contributed by atoms with Crippen LogP contribution in [0.5, 0.6) is 0 Å². The molecule has 15 heteroatoms. The summed E-state index contributed by atoms with van der Waals surface area (Å²) in [5, 5.41) is 0. The van der Waals surface area contributed by atoms with E-state index in [1.54, 1.807) is 34.6 Å². The molecule has 0 rings (SSSR count). The highest BCUT2D eigenvalue weighted by atomic mass is 16.6. The Balaban J connectivity index is -0.0000000868. The Morgan fingerprint density at radius 1 is 0.400 bits per heavy atom. The van der Waals surface area contributed by atoms with Crippen LogP contribution in [0.2, 0.25) is 0 Å². The lowest BCUT2D eigenvalue weighted by atomic mass is 10.9. The van der Waals surface area contributed by atoms with Crippen molar-refractivity contribution in [2.45, 2.75) is 34.6 Å². The molecule has 0 saturated carbocycles. The van der Waals surface area contributed by atoms with Gasteiger partial charge in [0.25, 0.3) is 0 Å². The van der Waals surface area contributed by atoms with Crippen molar-refractivity contribution in [2.24, 2.45) is 28.7 Å². The van der Waals surface area contributed by atoms with E-state index in [9.17, 15) is 24.0 Å². The highest BCUT2D eigenvalue weighted by Crippen LogP contribution is 1.68. The standard InChI is InChI=1S/5C3H7NO2/c5*1-2-6-3(4)5/h5*2H2,1H3,(H2,4,5). The van der Waals surface area contributed by atoms with Gasteiger partial charge in [-0.25, -0.2) is 24.0 Å². The van der Waals surface area contributed by atoms with Gasteiger partial charge in [-0.05, 0) is 34.6 Å². The molecule has 5 amide bonds. The Morgan fingerprint density at radius 3 is 0.500 bits per heavy atom. The summed E-state index contributed by atoms with van der Waals surface area (Å²) in [6.45, 7) is 10.3. The number of ether oxygens (including phenoxy) is 5. The van der Waals surface area contributed by atoms with Crippen LogP contribution in [-0.2, 0) is 23.7 Å². The highest BCUT2D eigenvalue weighted by Gasteiger charge is 1.84. The van der Waals surface area contributed by atoms with Gasteiger partial charge in [0.05, 0.1) is 33.0 Å². The molecule has 0 aliphatic heterocycles. The number of primary amides is 5. The molecule has 0 saturated heterocycles. The first-order valence-electron chi connectivity index (χ1n) is 8.46. The summed E-state index contributed by atoms with van der Waals surface area (Å²) in [7, 11) is 0. The van der Waals surface area contributed by atoms with Crippen LogP contribution in [-0.4, -0.2) is 63.5 Å². The third-order valence-corrected chi connectivity index (χ3v) is 1.43. The molecule has 0 bridgehead atoms. The third kappa shape index (κ3) is 103. The van der Waals surface area contributed by atoms with Crippen LogP contribution in [0.1, 0.15) is 34.6 Å². The SMILES string of the molecule is CCOC(N)=O.CCOC(N)=O.CCOC(N)=O.CCOC(N)=O.CCOC(N)=O. The molecule has 0 aromatic carbocycles. The molecule has 0 radical (unpaired) electrons. The van der Waals surface area contributed by atoms with Gasteiger partial charge in [0.15, 0.2) is 0 Å². The normalized spacial score (nSPS) is 7.50. The molecule has 180 valence electrons. The molecule has 0 unspecified atom stereocenters. The first-order chi connectivity index (χ1) is 13.9. The zero-order chi connectivity index (χ0) is 25.0. The van der Waals surface area contributed by atoms with Gasteiger partial charge in [0.1, 0.15) is 0 Å². The van der Waals surface area contributed by atoms with E-state index in [-0.39, 0.29) is 0 Å². The molecule has 0 heterocycles. The van der Waals surface area contributed by atoms with Gasteiger partial charge in [0, 0.05) is 0 Å². The van der Waals surface area contributed by atoms with Crippen molar-refractivity contribution >= 4 is 30.5 Å². The summed E-state index contributed by atoms with van der Waals surface area (Å²) in [5.74, 6) is 0. The Bertz CT molecular complexity index is 357. The summed E-state index contributed by atoms with van der Waals surface area (Å²) in [6.07, 6.45) is -3.55. The first-order valence-corrected chi connectivity index (χ1v) is 8.46. The van der Waals surface area contributed by atoms with E-state index < -0.39 is 30.5 Å². The van der Waals surface area contributed by atoms with Crippen molar-refractivity contribution < 1.29 is 47.7 Å². The Morgan fingerprint density at radius 2 is 0.500 bits per heavy atom. The molecule has 0 fully saturated rings. The van der Waals surface area contributed by atoms with Crippen LogP contribution in [0.15, 0.2) is 0 Å². The van der Waals surface area contributed by atoms with E-state index in [1.807, 2.05) is 0 Å². The van der Waals surface area contributed by atoms with Gasteiger partial charge in [0.2, 0.25) is 0 Å². The number of hydrogen-bond donors (Lipinski definition) is 5. The number of amides is 5. The van der Waals surface area contributed by atoms with Crippen molar-refractivity contribution in [2.75, 3.05) is 33.0 Å². The van der Waals surface area contributed by atoms with E-state index in [0.717, 1.165) is 0 Å². The van der Waals surface area contributed by atoms with Gasteiger partial charge in [-0.15, -0.1) is 0 Å². The second-order valence-corrected chi connectivity index (χ2v) is 3.76.